The minimum absolute atomic E-state index is 0.0463. The Labute approximate surface area is 162 Å². The van der Waals surface area contributed by atoms with Crippen molar-refractivity contribution >= 4 is 27.7 Å². The molecule has 1 amide bonds. The average molecular weight is 407 g/mol. The Bertz CT molecular complexity index is 905. The minimum Gasteiger partial charge on any atom is -0.352 e. The number of carbonyl (C=O) groups is 1. The summed E-state index contributed by atoms with van der Waals surface area (Å²) in [7, 11) is -3.67. The van der Waals surface area contributed by atoms with E-state index in [4.69, 9.17) is 6.42 Å². The fourth-order valence-electron chi connectivity index (χ4n) is 2.10. The van der Waals surface area contributed by atoms with E-state index in [-0.39, 0.29) is 23.2 Å². The summed E-state index contributed by atoms with van der Waals surface area (Å²) in [5.74, 6) is 2.44. The monoisotopic (exact) mass is 406 g/mol. The second kappa shape index (κ2) is 10.1. The average Bonchev–Trinajstić information content (AvgIpc) is 2.67. The Balaban J connectivity index is 1.77. The van der Waals surface area contributed by atoms with Crippen LogP contribution in [0.3, 0.4) is 0 Å². The molecule has 0 bridgehead atoms. The van der Waals surface area contributed by atoms with Crippen LogP contribution in [-0.4, -0.2) is 33.2 Å². The van der Waals surface area contributed by atoms with E-state index in [1.54, 1.807) is 23.9 Å². The van der Waals surface area contributed by atoms with Crippen molar-refractivity contribution in [1.82, 2.24) is 10.0 Å². The van der Waals surface area contributed by atoms with Gasteiger partial charge in [-0.05, 0) is 60.7 Å². The first kappa shape index (κ1) is 21.0. The van der Waals surface area contributed by atoms with Gasteiger partial charge < -0.3 is 5.32 Å². The fourth-order valence-corrected chi connectivity index (χ4v) is 3.89. The molecule has 142 valence electrons. The van der Waals surface area contributed by atoms with Crippen LogP contribution in [0.1, 0.15) is 16.8 Å². The van der Waals surface area contributed by atoms with Crippen molar-refractivity contribution in [2.24, 2.45) is 0 Å². The Morgan fingerprint density at radius 1 is 1.11 bits per heavy atom. The maximum absolute atomic E-state index is 12.8. The third-order valence-corrected chi connectivity index (χ3v) is 6.00. The Kier molecular flexibility index (Phi) is 7.85. The van der Waals surface area contributed by atoms with Crippen LogP contribution in [0, 0.1) is 18.2 Å². The molecule has 0 aromatic heterocycles. The molecule has 27 heavy (non-hydrogen) atoms. The molecule has 0 aliphatic rings. The number of carbonyl (C=O) groups excluding carboxylic acids is 1. The quantitative estimate of drug-likeness (QED) is 0.381. The summed E-state index contributed by atoms with van der Waals surface area (Å²) in [5.41, 5.74) is 0.372. The lowest BCUT2D eigenvalue weighted by atomic mass is 10.2. The van der Waals surface area contributed by atoms with Crippen molar-refractivity contribution in [3.8, 4) is 12.3 Å². The second-order valence-corrected chi connectivity index (χ2v) is 8.40. The molecule has 0 atom stereocenters. The van der Waals surface area contributed by atoms with E-state index < -0.39 is 10.0 Å². The van der Waals surface area contributed by atoms with Crippen LogP contribution < -0.4 is 10.0 Å². The zero-order valence-corrected chi connectivity index (χ0v) is 16.1. The smallest absolute Gasteiger partial charge is 0.251 e. The molecule has 0 fully saturated rings. The molecule has 2 aromatic carbocycles. The van der Waals surface area contributed by atoms with Crippen molar-refractivity contribution in [1.29, 1.82) is 0 Å². The molecule has 0 saturated carbocycles. The van der Waals surface area contributed by atoms with Crippen molar-refractivity contribution < 1.29 is 17.6 Å². The topological polar surface area (TPSA) is 75.3 Å². The Hall–Kier alpha value is -2.34. The van der Waals surface area contributed by atoms with Gasteiger partial charge in [0.05, 0.1) is 11.4 Å². The van der Waals surface area contributed by atoms with Gasteiger partial charge in [0.1, 0.15) is 5.82 Å². The van der Waals surface area contributed by atoms with Gasteiger partial charge in [0.15, 0.2) is 0 Å². The maximum atomic E-state index is 12.8. The molecule has 0 radical (unpaired) electrons. The highest BCUT2D eigenvalue weighted by molar-refractivity contribution is 7.99. The van der Waals surface area contributed by atoms with E-state index in [9.17, 15) is 17.6 Å². The number of hydrogen-bond donors (Lipinski definition) is 2. The molecule has 0 heterocycles. The van der Waals surface area contributed by atoms with E-state index >= 15 is 0 Å². The lowest BCUT2D eigenvalue weighted by Crippen LogP contribution is -2.26. The Morgan fingerprint density at radius 3 is 2.41 bits per heavy atom. The van der Waals surface area contributed by atoms with E-state index in [0.29, 0.717) is 12.1 Å². The zero-order chi connectivity index (χ0) is 19.7. The molecule has 0 aliphatic carbocycles. The van der Waals surface area contributed by atoms with Gasteiger partial charge in [0, 0.05) is 17.0 Å². The maximum Gasteiger partial charge on any atom is 0.251 e. The number of benzene rings is 2. The summed E-state index contributed by atoms with van der Waals surface area (Å²) in [5, 5.41) is 2.78. The number of hydrogen-bond acceptors (Lipinski definition) is 4. The second-order valence-electron chi connectivity index (χ2n) is 5.46. The number of terminal acetylenes is 1. The first-order valence-electron chi connectivity index (χ1n) is 8.12. The number of halogens is 1. The molecular weight excluding hydrogens is 387 g/mol. The molecule has 8 heteroatoms. The van der Waals surface area contributed by atoms with Crippen LogP contribution in [0.2, 0.25) is 0 Å². The molecule has 5 nitrogen and oxygen atoms in total. The van der Waals surface area contributed by atoms with Crippen LogP contribution in [0.15, 0.2) is 58.3 Å². The molecule has 0 aliphatic heterocycles. The summed E-state index contributed by atoms with van der Waals surface area (Å²) in [6.45, 7) is 0.386. The van der Waals surface area contributed by atoms with Crippen LogP contribution in [-0.2, 0) is 10.0 Å². The van der Waals surface area contributed by atoms with E-state index in [1.165, 1.54) is 36.4 Å². The summed E-state index contributed by atoms with van der Waals surface area (Å²) in [4.78, 5) is 13.1. The first-order valence-corrected chi connectivity index (χ1v) is 10.6. The molecule has 2 aromatic rings. The van der Waals surface area contributed by atoms with Gasteiger partial charge in [-0.2, -0.15) is 4.72 Å². The third-order valence-electron chi connectivity index (χ3n) is 3.48. The molecular formula is C19H19FN2O3S2. The van der Waals surface area contributed by atoms with E-state index in [1.807, 2.05) is 0 Å². The van der Waals surface area contributed by atoms with Crippen molar-refractivity contribution in [2.45, 2.75) is 16.2 Å². The highest BCUT2D eigenvalue weighted by Crippen LogP contribution is 2.18. The number of rotatable bonds is 9. The van der Waals surface area contributed by atoms with Gasteiger partial charge >= 0.3 is 0 Å². The van der Waals surface area contributed by atoms with E-state index in [2.05, 4.69) is 16.0 Å². The van der Waals surface area contributed by atoms with Crippen molar-refractivity contribution in [2.75, 3.05) is 18.8 Å². The standard InChI is InChI=1S/C19H19FN2O3S2/c1-2-12-22-27(24,25)18-10-4-15(5-11-18)19(23)21-13-3-14-26-17-8-6-16(20)7-9-17/h1,4-11,22H,3,12-14H2,(H,21,23). The summed E-state index contributed by atoms with van der Waals surface area (Å²) in [6.07, 6.45) is 5.78. The van der Waals surface area contributed by atoms with Gasteiger partial charge in [-0.1, -0.05) is 5.92 Å². The zero-order valence-electron chi connectivity index (χ0n) is 14.4. The summed E-state index contributed by atoms with van der Waals surface area (Å²) in [6, 6.07) is 11.9. The highest BCUT2D eigenvalue weighted by atomic mass is 32.2. The largest absolute Gasteiger partial charge is 0.352 e. The number of nitrogens with one attached hydrogen (secondary N) is 2. The van der Waals surface area contributed by atoms with Crippen LogP contribution in [0.25, 0.3) is 0 Å². The lowest BCUT2D eigenvalue weighted by Gasteiger charge is -2.07. The highest BCUT2D eigenvalue weighted by Gasteiger charge is 2.13. The molecule has 0 saturated heterocycles. The summed E-state index contributed by atoms with van der Waals surface area (Å²) < 4.78 is 38.9. The van der Waals surface area contributed by atoms with Crippen LogP contribution >= 0.6 is 11.8 Å². The molecule has 0 unspecified atom stereocenters. The normalized spacial score (nSPS) is 11.0. The van der Waals surface area contributed by atoms with Gasteiger partial charge in [0.25, 0.3) is 5.91 Å². The fraction of sp³-hybridized carbons (Fsp3) is 0.211. The van der Waals surface area contributed by atoms with Crippen molar-refractivity contribution in [3.05, 3.63) is 59.9 Å². The third kappa shape index (κ3) is 6.71. The lowest BCUT2D eigenvalue weighted by molar-refractivity contribution is 0.0953. The predicted octanol–water partition coefficient (Wildman–Crippen LogP) is 2.65. The number of amides is 1. The first-order chi connectivity index (χ1) is 12.9. The number of sulfonamides is 1. The van der Waals surface area contributed by atoms with Gasteiger partial charge in [-0.25, -0.2) is 12.8 Å². The SMILES string of the molecule is C#CCNS(=O)(=O)c1ccc(C(=O)NCCCSc2ccc(F)cc2)cc1. The van der Waals surface area contributed by atoms with E-state index in [0.717, 1.165) is 17.1 Å². The summed E-state index contributed by atoms with van der Waals surface area (Å²) >= 11 is 1.58. The van der Waals surface area contributed by atoms with Gasteiger partial charge in [0.2, 0.25) is 10.0 Å². The predicted molar refractivity (Wildman–Crippen MR) is 105 cm³/mol. The van der Waals surface area contributed by atoms with Gasteiger partial charge in [-0.15, -0.1) is 18.2 Å². The number of thioether (sulfide) groups is 1. The van der Waals surface area contributed by atoms with Gasteiger partial charge in [-0.3, -0.25) is 4.79 Å². The van der Waals surface area contributed by atoms with Crippen LogP contribution in [0.4, 0.5) is 4.39 Å². The molecule has 0 spiro atoms. The van der Waals surface area contributed by atoms with Crippen molar-refractivity contribution in [3.63, 3.8) is 0 Å². The molecule has 2 rings (SSSR count). The Morgan fingerprint density at radius 2 is 1.78 bits per heavy atom. The molecule has 2 N–H and O–H groups in total. The van der Waals surface area contributed by atoms with Crippen LogP contribution in [0.5, 0.6) is 0 Å². The minimum atomic E-state index is -3.67.